The summed E-state index contributed by atoms with van der Waals surface area (Å²) in [5.74, 6) is -0.890. The monoisotopic (exact) mass is 401 g/mol. The molecule has 0 fully saturated rings. The standard InChI is InChI=1S/C18H16FN5O3S/c1-21-17(25)16-15(22-18(20)26)10-24(23-16)12-4-8-14(9-5-12)28(27)13-6-2-11(19)3-7-13/h2-10H,1H3,(H,21,25)(H3,20,22,26). The van der Waals surface area contributed by atoms with Crippen molar-refractivity contribution in [1.29, 1.82) is 0 Å². The van der Waals surface area contributed by atoms with Crippen LogP contribution in [0.5, 0.6) is 0 Å². The van der Waals surface area contributed by atoms with Gasteiger partial charge in [0, 0.05) is 16.8 Å². The van der Waals surface area contributed by atoms with E-state index in [9.17, 15) is 18.2 Å². The van der Waals surface area contributed by atoms with Gasteiger partial charge in [0.1, 0.15) is 5.82 Å². The Hall–Kier alpha value is -3.53. The van der Waals surface area contributed by atoms with Gasteiger partial charge in [-0.1, -0.05) is 0 Å². The number of nitrogens with zero attached hydrogens (tertiary/aromatic N) is 2. The molecule has 8 nitrogen and oxygen atoms in total. The molecule has 0 aliphatic heterocycles. The second-order valence-electron chi connectivity index (χ2n) is 5.62. The van der Waals surface area contributed by atoms with E-state index in [-0.39, 0.29) is 11.4 Å². The molecule has 28 heavy (non-hydrogen) atoms. The van der Waals surface area contributed by atoms with Crippen molar-refractivity contribution in [3.8, 4) is 5.69 Å². The maximum Gasteiger partial charge on any atom is 0.316 e. The van der Waals surface area contributed by atoms with Gasteiger partial charge < -0.3 is 16.4 Å². The van der Waals surface area contributed by atoms with Crippen LogP contribution in [0, 0.1) is 5.82 Å². The summed E-state index contributed by atoms with van der Waals surface area (Å²) in [7, 11) is -0.0300. The average molecular weight is 401 g/mol. The Morgan fingerprint density at radius 1 is 1.07 bits per heavy atom. The van der Waals surface area contributed by atoms with Gasteiger partial charge >= 0.3 is 6.03 Å². The Morgan fingerprint density at radius 2 is 1.64 bits per heavy atom. The van der Waals surface area contributed by atoms with Crippen molar-refractivity contribution in [2.45, 2.75) is 9.79 Å². The molecule has 4 N–H and O–H groups in total. The Bertz CT molecular complexity index is 1050. The first-order chi connectivity index (χ1) is 13.4. The number of aromatic nitrogens is 2. The van der Waals surface area contributed by atoms with Crippen molar-refractivity contribution in [3.05, 3.63) is 66.2 Å². The number of anilines is 1. The molecule has 0 saturated heterocycles. The first kappa shape index (κ1) is 19.2. The third kappa shape index (κ3) is 4.07. The van der Waals surface area contributed by atoms with Gasteiger partial charge in [-0.25, -0.2) is 18.1 Å². The van der Waals surface area contributed by atoms with Crippen LogP contribution in [0.15, 0.2) is 64.5 Å². The number of nitrogens with one attached hydrogen (secondary N) is 2. The van der Waals surface area contributed by atoms with E-state index in [4.69, 9.17) is 5.73 Å². The maximum atomic E-state index is 13.0. The van der Waals surface area contributed by atoms with Crippen LogP contribution in [0.4, 0.5) is 14.9 Å². The van der Waals surface area contributed by atoms with Gasteiger partial charge in [0.15, 0.2) is 5.69 Å². The first-order valence-electron chi connectivity index (χ1n) is 8.05. The number of benzene rings is 2. The molecule has 1 heterocycles. The molecule has 3 rings (SSSR count). The summed E-state index contributed by atoms with van der Waals surface area (Å²) in [6.45, 7) is 0. The van der Waals surface area contributed by atoms with Gasteiger partial charge in [-0.3, -0.25) is 4.79 Å². The highest BCUT2D eigenvalue weighted by Gasteiger charge is 2.18. The highest BCUT2D eigenvalue weighted by atomic mass is 32.2. The number of halogens is 1. The Morgan fingerprint density at radius 3 is 2.18 bits per heavy atom. The zero-order valence-electron chi connectivity index (χ0n) is 14.7. The largest absolute Gasteiger partial charge is 0.354 e. The molecule has 144 valence electrons. The van der Waals surface area contributed by atoms with Crippen molar-refractivity contribution in [2.75, 3.05) is 12.4 Å². The molecule has 0 spiro atoms. The van der Waals surface area contributed by atoms with E-state index in [2.05, 4.69) is 15.7 Å². The zero-order chi connectivity index (χ0) is 20.3. The lowest BCUT2D eigenvalue weighted by Crippen LogP contribution is -2.24. The molecule has 3 aromatic rings. The smallest absolute Gasteiger partial charge is 0.316 e. The Labute approximate surface area is 162 Å². The summed E-state index contributed by atoms with van der Waals surface area (Å²) in [4.78, 5) is 24.1. The molecule has 1 atom stereocenters. The number of rotatable bonds is 5. The molecule has 2 aromatic carbocycles. The molecule has 1 aromatic heterocycles. The molecular weight excluding hydrogens is 385 g/mol. The van der Waals surface area contributed by atoms with Gasteiger partial charge in [-0.05, 0) is 48.5 Å². The third-order valence-corrected chi connectivity index (χ3v) is 5.16. The van der Waals surface area contributed by atoms with Crippen LogP contribution in [0.1, 0.15) is 10.5 Å². The molecule has 10 heteroatoms. The zero-order valence-corrected chi connectivity index (χ0v) is 15.5. The SMILES string of the molecule is CNC(=O)c1nn(-c2ccc(S(=O)c3ccc(F)cc3)cc2)cc1NC(N)=O. The molecule has 0 bridgehead atoms. The van der Waals surface area contributed by atoms with E-state index in [1.165, 1.54) is 42.2 Å². The number of carbonyl (C=O) groups excluding carboxylic acids is 2. The first-order valence-corrected chi connectivity index (χ1v) is 9.20. The number of urea groups is 1. The summed E-state index contributed by atoms with van der Waals surface area (Å²) >= 11 is 0. The normalized spacial score (nSPS) is 11.6. The van der Waals surface area contributed by atoms with Crippen LogP contribution in [0.3, 0.4) is 0 Å². The minimum Gasteiger partial charge on any atom is -0.354 e. The van der Waals surface area contributed by atoms with Gasteiger partial charge in [-0.15, -0.1) is 0 Å². The number of nitrogens with two attached hydrogens (primary N) is 1. The third-order valence-electron chi connectivity index (χ3n) is 3.76. The minimum absolute atomic E-state index is 0.000245. The fraction of sp³-hybridized carbons (Fsp3) is 0.0556. The number of carbonyl (C=O) groups is 2. The van der Waals surface area contributed by atoms with E-state index in [0.717, 1.165) is 0 Å². The molecular formula is C18H16FN5O3S. The number of hydrogen-bond acceptors (Lipinski definition) is 4. The van der Waals surface area contributed by atoms with Crippen LogP contribution in [0.2, 0.25) is 0 Å². The molecule has 0 aliphatic carbocycles. The van der Waals surface area contributed by atoms with Crippen molar-refractivity contribution >= 4 is 28.4 Å². The number of hydrogen-bond donors (Lipinski definition) is 3. The highest BCUT2D eigenvalue weighted by Crippen LogP contribution is 2.21. The summed E-state index contributed by atoms with van der Waals surface area (Å²) in [5.41, 5.74) is 5.85. The Kier molecular flexibility index (Phi) is 5.50. The van der Waals surface area contributed by atoms with Crippen LogP contribution >= 0.6 is 0 Å². The fourth-order valence-corrected chi connectivity index (χ4v) is 3.47. The van der Waals surface area contributed by atoms with Crippen molar-refractivity contribution in [3.63, 3.8) is 0 Å². The lowest BCUT2D eigenvalue weighted by Gasteiger charge is -2.05. The minimum atomic E-state index is -1.47. The van der Waals surface area contributed by atoms with Crippen LogP contribution < -0.4 is 16.4 Å². The van der Waals surface area contributed by atoms with E-state index in [0.29, 0.717) is 15.5 Å². The topological polar surface area (TPSA) is 119 Å². The highest BCUT2D eigenvalue weighted by molar-refractivity contribution is 7.85. The van der Waals surface area contributed by atoms with Crippen molar-refractivity contribution in [1.82, 2.24) is 15.1 Å². The predicted molar refractivity (Wildman–Crippen MR) is 101 cm³/mol. The van der Waals surface area contributed by atoms with Crippen LogP contribution in [-0.4, -0.2) is 33.0 Å². The average Bonchev–Trinajstić information content (AvgIpc) is 3.10. The molecule has 0 aliphatic rings. The predicted octanol–water partition coefficient (Wildman–Crippen LogP) is 2.03. The number of primary amides is 1. The lowest BCUT2D eigenvalue weighted by molar-refractivity contribution is 0.0958. The Balaban J connectivity index is 1.89. The van der Waals surface area contributed by atoms with Crippen molar-refractivity contribution in [2.24, 2.45) is 5.73 Å². The van der Waals surface area contributed by atoms with E-state index in [1.807, 2.05) is 0 Å². The molecule has 0 saturated carbocycles. The summed E-state index contributed by atoms with van der Waals surface area (Å²) in [5, 5.41) is 8.95. The van der Waals surface area contributed by atoms with Gasteiger partial charge in [0.05, 0.1) is 28.4 Å². The van der Waals surface area contributed by atoms with Crippen molar-refractivity contribution < 1.29 is 18.2 Å². The van der Waals surface area contributed by atoms with Gasteiger partial charge in [0.25, 0.3) is 5.91 Å². The van der Waals surface area contributed by atoms with E-state index in [1.54, 1.807) is 24.3 Å². The lowest BCUT2D eigenvalue weighted by atomic mass is 10.3. The van der Waals surface area contributed by atoms with E-state index < -0.39 is 28.6 Å². The second-order valence-corrected chi connectivity index (χ2v) is 7.10. The quantitative estimate of drug-likeness (QED) is 0.606. The fourth-order valence-electron chi connectivity index (χ4n) is 2.43. The number of amides is 3. The summed E-state index contributed by atoms with van der Waals surface area (Å²) < 4.78 is 27.0. The summed E-state index contributed by atoms with van der Waals surface area (Å²) in [6, 6.07) is 11.2. The maximum absolute atomic E-state index is 13.0. The van der Waals surface area contributed by atoms with Crippen LogP contribution in [-0.2, 0) is 10.8 Å². The van der Waals surface area contributed by atoms with Gasteiger partial charge in [0.2, 0.25) is 0 Å². The molecule has 1 unspecified atom stereocenters. The molecule has 0 radical (unpaired) electrons. The summed E-state index contributed by atoms with van der Waals surface area (Å²) in [6.07, 6.45) is 1.45. The molecule has 3 amide bonds. The van der Waals surface area contributed by atoms with E-state index >= 15 is 0 Å². The van der Waals surface area contributed by atoms with Crippen LogP contribution in [0.25, 0.3) is 5.69 Å². The van der Waals surface area contributed by atoms with Gasteiger partial charge in [-0.2, -0.15) is 5.10 Å². The second kappa shape index (κ2) is 8.01.